The maximum absolute atomic E-state index is 5.64. The number of nitrogens with one attached hydrogen (secondary N) is 1. The summed E-state index contributed by atoms with van der Waals surface area (Å²) in [4.78, 5) is 0.428. The van der Waals surface area contributed by atoms with Gasteiger partial charge in [-0.25, -0.2) is 0 Å². The van der Waals surface area contributed by atoms with Crippen molar-refractivity contribution in [3.8, 4) is 0 Å². The highest BCUT2D eigenvalue weighted by Crippen LogP contribution is 2.31. The molecule has 2 atom stereocenters. The first kappa shape index (κ1) is 14.2. The number of rotatable bonds is 4. The Morgan fingerprint density at radius 2 is 2.28 bits per heavy atom. The smallest absolute Gasteiger partial charge is 0.105 e. The van der Waals surface area contributed by atoms with E-state index < -0.39 is 0 Å². The Kier molecular flexibility index (Phi) is 4.92. The van der Waals surface area contributed by atoms with Crippen molar-refractivity contribution in [2.45, 2.75) is 30.6 Å². The van der Waals surface area contributed by atoms with Gasteiger partial charge in [0.15, 0.2) is 0 Å². The van der Waals surface area contributed by atoms with Crippen molar-refractivity contribution in [2.75, 3.05) is 11.6 Å². The van der Waals surface area contributed by atoms with Gasteiger partial charge in [0.05, 0.1) is 0 Å². The lowest BCUT2D eigenvalue weighted by atomic mass is 10.2. The van der Waals surface area contributed by atoms with Crippen molar-refractivity contribution in [3.05, 3.63) is 28.2 Å². The average Bonchev–Trinajstić information content (AvgIpc) is 2.76. The number of thioether (sulfide) groups is 1. The van der Waals surface area contributed by atoms with E-state index in [1.807, 2.05) is 23.9 Å². The fourth-order valence-electron chi connectivity index (χ4n) is 2.33. The van der Waals surface area contributed by atoms with Crippen molar-refractivity contribution >= 4 is 50.6 Å². The molecule has 0 saturated heterocycles. The predicted octanol–water partition coefficient (Wildman–Crippen LogP) is 3.78. The molecular formula is C13H17BrN2S2. The second-order valence-corrected chi connectivity index (χ2v) is 7.00. The quantitative estimate of drug-likeness (QED) is 0.815. The number of thiocarbonyl (C=S) groups is 1. The van der Waals surface area contributed by atoms with Crippen LogP contribution in [-0.2, 0) is 0 Å². The van der Waals surface area contributed by atoms with E-state index in [1.54, 1.807) is 0 Å². The second kappa shape index (κ2) is 6.26. The van der Waals surface area contributed by atoms with Crippen molar-refractivity contribution in [3.63, 3.8) is 0 Å². The van der Waals surface area contributed by atoms with Crippen LogP contribution in [0.4, 0.5) is 5.69 Å². The molecule has 0 bridgehead atoms. The van der Waals surface area contributed by atoms with E-state index in [0.29, 0.717) is 11.0 Å². The van der Waals surface area contributed by atoms with Crippen LogP contribution in [-0.4, -0.2) is 22.5 Å². The molecule has 0 aromatic heterocycles. The minimum absolute atomic E-state index is 0.428. The molecule has 18 heavy (non-hydrogen) atoms. The van der Waals surface area contributed by atoms with Crippen LogP contribution >= 0.6 is 39.9 Å². The summed E-state index contributed by atoms with van der Waals surface area (Å²) in [6.07, 6.45) is 6.00. The summed E-state index contributed by atoms with van der Waals surface area (Å²) in [5.74, 6) is 0. The molecule has 3 N–H and O–H groups in total. The standard InChI is InChI=1S/C13H17BrN2S2/c1-18-10-4-2-8(6-10)16-9-3-5-11(13(15)17)12(14)7-9/h3,5,7-8,10,16H,2,4,6H2,1H3,(H2,15,17). The fraction of sp³-hybridized carbons (Fsp3) is 0.462. The summed E-state index contributed by atoms with van der Waals surface area (Å²) in [5, 5.41) is 4.39. The molecule has 2 rings (SSSR count). The third-order valence-corrected chi connectivity index (χ3v) is 5.29. The lowest BCUT2D eigenvalue weighted by molar-refractivity contribution is 0.757. The van der Waals surface area contributed by atoms with E-state index in [1.165, 1.54) is 19.3 Å². The van der Waals surface area contributed by atoms with Gasteiger partial charge in [0, 0.05) is 27.0 Å². The Balaban J connectivity index is 2.02. The van der Waals surface area contributed by atoms with Crippen LogP contribution in [0.1, 0.15) is 24.8 Å². The lowest BCUT2D eigenvalue weighted by Gasteiger charge is -2.15. The molecule has 2 unspecified atom stereocenters. The van der Waals surface area contributed by atoms with E-state index in [-0.39, 0.29) is 0 Å². The monoisotopic (exact) mass is 344 g/mol. The molecule has 0 amide bonds. The minimum Gasteiger partial charge on any atom is -0.389 e. The van der Waals surface area contributed by atoms with E-state index in [2.05, 4.69) is 33.6 Å². The summed E-state index contributed by atoms with van der Waals surface area (Å²) in [6.45, 7) is 0. The number of hydrogen-bond acceptors (Lipinski definition) is 3. The van der Waals surface area contributed by atoms with E-state index in [0.717, 1.165) is 21.0 Å². The van der Waals surface area contributed by atoms with Gasteiger partial charge in [-0.1, -0.05) is 12.2 Å². The normalized spacial score (nSPS) is 23.0. The molecule has 2 nitrogen and oxygen atoms in total. The molecule has 0 radical (unpaired) electrons. The van der Waals surface area contributed by atoms with Gasteiger partial charge in [-0.2, -0.15) is 11.8 Å². The first-order valence-electron chi connectivity index (χ1n) is 5.99. The van der Waals surface area contributed by atoms with E-state index in [4.69, 9.17) is 18.0 Å². The molecule has 5 heteroatoms. The molecule has 0 aliphatic heterocycles. The molecule has 0 spiro atoms. The maximum Gasteiger partial charge on any atom is 0.105 e. The number of anilines is 1. The fourth-order valence-corrected chi connectivity index (χ4v) is 4.02. The minimum atomic E-state index is 0.428. The first-order chi connectivity index (χ1) is 8.60. The number of hydrogen-bond donors (Lipinski definition) is 2. The molecule has 1 fully saturated rings. The Morgan fingerprint density at radius 3 is 2.83 bits per heavy atom. The SMILES string of the molecule is CSC1CCC(Nc2ccc(C(N)=S)c(Br)c2)C1. The van der Waals surface area contributed by atoms with Gasteiger partial charge in [0.1, 0.15) is 4.99 Å². The Bertz CT molecular complexity index is 451. The maximum atomic E-state index is 5.64. The molecule has 1 aromatic rings. The largest absolute Gasteiger partial charge is 0.389 e. The zero-order valence-corrected chi connectivity index (χ0v) is 13.5. The predicted molar refractivity (Wildman–Crippen MR) is 88.6 cm³/mol. The zero-order chi connectivity index (χ0) is 13.1. The Hall–Kier alpha value is -0.260. The highest BCUT2D eigenvalue weighted by Gasteiger charge is 2.23. The van der Waals surface area contributed by atoms with Crippen LogP contribution in [0.25, 0.3) is 0 Å². The molecule has 98 valence electrons. The third-order valence-electron chi connectivity index (χ3n) is 3.32. The third kappa shape index (κ3) is 3.39. The van der Waals surface area contributed by atoms with Gasteiger partial charge in [-0.3, -0.25) is 0 Å². The van der Waals surface area contributed by atoms with Gasteiger partial charge in [0.25, 0.3) is 0 Å². The topological polar surface area (TPSA) is 38.0 Å². The summed E-state index contributed by atoms with van der Waals surface area (Å²) >= 11 is 10.5. The average molecular weight is 345 g/mol. The lowest BCUT2D eigenvalue weighted by Crippen LogP contribution is -2.16. The highest BCUT2D eigenvalue weighted by atomic mass is 79.9. The van der Waals surface area contributed by atoms with Crippen molar-refractivity contribution < 1.29 is 0 Å². The Labute approximate surface area is 126 Å². The number of halogens is 1. The van der Waals surface area contributed by atoms with Crippen LogP contribution in [0, 0.1) is 0 Å². The van der Waals surface area contributed by atoms with Gasteiger partial charge < -0.3 is 11.1 Å². The van der Waals surface area contributed by atoms with Crippen LogP contribution in [0.2, 0.25) is 0 Å². The first-order valence-corrected chi connectivity index (χ1v) is 8.47. The number of nitrogens with two attached hydrogens (primary N) is 1. The second-order valence-electron chi connectivity index (χ2n) is 4.57. The molecule has 0 heterocycles. The van der Waals surface area contributed by atoms with Crippen molar-refractivity contribution in [1.82, 2.24) is 0 Å². The molecule has 1 saturated carbocycles. The molecule has 1 aliphatic rings. The molecule has 1 aliphatic carbocycles. The van der Waals surface area contributed by atoms with E-state index in [9.17, 15) is 0 Å². The summed E-state index contributed by atoms with van der Waals surface area (Å²) in [7, 11) is 0. The van der Waals surface area contributed by atoms with Gasteiger partial charge in [0.2, 0.25) is 0 Å². The number of benzene rings is 1. The molecular weight excluding hydrogens is 328 g/mol. The van der Waals surface area contributed by atoms with Crippen molar-refractivity contribution in [2.24, 2.45) is 5.73 Å². The zero-order valence-electron chi connectivity index (χ0n) is 10.3. The van der Waals surface area contributed by atoms with Crippen LogP contribution in [0.3, 0.4) is 0 Å². The van der Waals surface area contributed by atoms with Gasteiger partial charge in [-0.15, -0.1) is 0 Å². The summed E-state index contributed by atoms with van der Waals surface area (Å²) in [6, 6.07) is 6.66. The van der Waals surface area contributed by atoms with Crippen LogP contribution < -0.4 is 11.1 Å². The van der Waals surface area contributed by atoms with Gasteiger partial charge >= 0.3 is 0 Å². The summed E-state index contributed by atoms with van der Waals surface area (Å²) < 4.78 is 0.958. The van der Waals surface area contributed by atoms with Gasteiger partial charge in [-0.05, 0) is 59.6 Å². The van der Waals surface area contributed by atoms with Crippen LogP contribution in [0.5, 0.6) is 0 Å². The molecule has 1 aromatic carbocycles. The van der Waals surface area contributed by atoms with E-state index >= 15 is 0 Å². The highest BCUT2D eigenvalue weighted by molar-refractivity contribution is 9.10. The summed E-state index contributed by atoms with van der Waals surface area (Å²) in [5.41, 5.74) is 7.67. The van der Waals surface area contributed by atoms with Crippen molar-refractivity contribution in [1.29, 1.82) is 0 Å². The Morgan fingerprint density at radius 1 is 1.50 bits per heavy atom. The van der Waals surface area contributed by atoms with Crippen LogP contribution in [0.15, 0.2) is 22.7 Å².